The van der Waals surface area contributed by atoms with E-state index < -0.39 is 4.92 Å². The first-order valence-electron chi connectivity index (χ1n) is 11.7. The molecule has 8 heteroatoms. The van der Waals surface area contributed by atoms with Crippen molar-refractivity contribution >= 4 is 28.2 Å². The van der Waals surface area contributed by atoms with Gasteiger partial charge >= 0.3 is 0 Å². The molecule has 0 saturated heterocycles. The number of non-ortho nitro benzene ring substituents is 1. The maximum atomic E-state index is 11.2. The topological polar surface area (TPSA) is 77.2 Å². The summed E-state index contributed by atoms with van der Waals surface area (Å²) in [5.41, 5.74) is 2.31. The van der Waals surface area contributed by atoms with Crippen molar-refractivity contribution in [2.45, 2.75) is 41.5 Å². The van der Waals surface area contributed by atoms with Gasteiger partial charge in [-0.25, -0.2) is 5.01 Å². The molecule has 0 spiro atoms. The quantitative estimate of drug-likeness (QED) is 0.314. The van der Waals surface area contributed by atoms with Crippen molar-refractivity contribution in [3.8, 4) is 5.75 Å². The van der Waals surface area contributed by atoms with Crippen LogP contribution < -0.4 is 9.75 Å². The van der Waals surface area contributed by atoms with Gasteiger partial charge in [0.15, 0.2) is 0 Å². The number of nitro benzene ring substituents is 1. The molecule has 0 bridgehead atoms. The van der Waals surface area contributed by atoms with Crippen molar-refractivity contribution in [3.05, 3.63) is 98.5 Å². The lowest BCUT2D eigenvalue weighted by atomic mass is 9.87. The molecule has 4 rings (SSSR count). The van der Waals surface area contributed by atoms with Crippen LogP contribution in [0.3, 0.4) is 0 Å². The Labute approximate surface area is 216 Å². The Morgan fingerprint density at radius 3 is 1.94 bits per heavy atom. The molecule has 2 aromatic rings. The summed E-state index contributed by atoms with van der Waals surface area (Å²) in [4.78, 5) is 10.8. The van der Waals surface area contributed by atoms with Gasteiger partial charge in [0.2, 0.25) is 0 Å². The summed E-state index contributed by atoms with van der Waals surface area (Å²) in [6, 6.07) is 14.2. The fourth-order valence-electron chi connectivity index (χ4n) is 3.58. The highest BCUT2D eigenvalue weighted by Gasteiger charge is 2.33. The van der Waals surface area contributed by atoms with Crippen LogP contribution in [-0.2, 0) is 4.74 Å². The first-order chi connectivity index (χ1) is 16.9. The fourth-order valence-corrected chi connectivity index (χ4v) is 4.61. The van der Waals surface area contributed by atoms with Crippen LogP contribution in [0.2, 0.25) is 0 Å². The van der Waals surface area contributed by atoms with E-state index in [2.05, 4.69) is 53.7 Å². The molecule has 188 valence electrons. The Morgan fingerprint density at radius 2 is 1.47 bits per heavy atom. The van der Waals surface area contributed by atoms with Crippen LogP contribution in [0.25, 0.3) is 0 Å². The number of thioether (sulfide) groups is 1. The molecule has 0 N–H and O–H groups in total. The summed E-state index contributed by atoms with van der Waals surface area (Å²) in [5.74, 6) is 2.52. The summed E-state index contributed by atoms with van der Waals surface area (Å²) >= 11 is 1.56. The molecule has 2 aromatic carbocycles. The molecule has 0 saturated carbocycles. The standard InChI is InChI=1S/C28H31N3O4S/c1-27(2,3)23-16-19(17-24(35-23)28(4,5)6)26-30(20-10-12-21(13-11-20)31(32)33)29-25(36-26)18-8-14-22(34-7)15-9-18/h8-17H,1-7H3. The van der Waals surface area contributed by atoms with Crippen LogP contribution >= 0.6 is 11.8 Å². The first-order valence-corrected chi connectivity index (χ1v) is 12.5. The number of nitro groups is 1. The van der Waals surface area contributed by atoms with E-state index in [4.69, 9.17) is 14.6 Å². The van der Waals surface area contributed by atoms with Gasteiger partial charge in [-0.15, -0.1) is 0 Å². The Kier molecular flexibility index (Phi) is 6.75. The van der Waals surface area contributed by atoms with E-state index in [-0.39, 0.29) is 16.5 Å². The third-order valence-corrected chi connectivity index (χ3v) is 6.85. The maximum Gasteiger partial charge on any atom is 0.269 e. The summed E-state index contributed by atoms with van der Waals surface area (Å²) in [6.07, 6.45) is 4.14. The molecule has 2 aliphatic heterocycles. The van der Waals surface area contributed by atoms with Gasteiger partial charge in [-0.2, -0.15) is 5.10 Å². The van der Waals surface area contributed by atoms with E-state index in [1.54, 1.807) is 31.0 Å². The van der Waals surface area contributed by atoms with Crippen LogP contribution in [0.15, 0.2) is 87.9 Å². The van der Waals surface area contributed by atoms with Gasteiger partial charge in [0.1, 0.15) is 27.3 Å². The number of hydrogen-bond donors (Lipinski definition) is 0. The molecule has 2 heterocycles. The molecule has 7 nitrogen and oxygen atoms in total. The summed E-state index contributed by atoms with van der Waals surface area (Å²) in [7, 11) is 1.64. The number of rotatable bonds is 4. The van der Waals surface area contributed by atoms with Crippen molar-refractivity contribution in [2.75, 3.05) is 12.1 Å². The average Bonchev–Trinajstić information content (AvgIpc) is 3.28. The van der Waals surface area contributed by atoms with Crippen molar-refractivity contribution in [2.24, 2.45) is 15.9 Å². The Morgan fingerprint density at radius 1 is 0.917 bits per heavy atom. The molecule has 0 atom stereocenters. The normalized spacial score (nSPS) is 16.3. The molecule has 0 amide bonds. The number of nitrogens with zero attached hydrogens (tertiary/aromatic N) is 3. The largest absolute Gasteiger partial charge is 0.497 e. The van der Waals surface area contributed by atoms with E-state index >= 15 is 0 Å². The SMILES string of the molecule is COc1ccc(C2=NN(c3ccc([N+](=O)[O-])cc3)C(=C3C=C(C(C)(C)C)OC(C(C)(C)C)=C3)S2)cc1. The molecule has 0 aliphatic carbocycles. The monoisotopic (exact) mass is 505 g/mol. The highest BCUT2D eigenvalue weighted by Crippen LogP contribution is 2.45. The second-order valence-electron chi connectivity index (χ2n) is 10.7. The maximum absolute atomic E-state index is 11.2. The zero-order valence-corrected chi connectivity index (χ0v) is 22.5. The Hall–Kier alpha value is -3.52. The fraction of sp³-hybridized carbons (Fsp3) is 0.321. The molecular weight excluding hydrogens is 474 g/mol. The second-order valence-corrected chi connectivity index (χ2v) is 11.7. The molecule has 0 radical (unpaired) electrons. The highest BCUT2D eigenvalue weighted by atomic mass is 32.2. The van der Waals surface area contributed by atoms with Gasteiger partial charge in [-0.1, -0.05) is 41.5 Å². The Balaban J connectivity index is 1.87. The third-order valence-electron chi connectivity index (χ3n) is 5.74. The Bertz CT molecular complexity index is 1260. The highest BCUT2D eigenvalue weighted by molar-refractivity contribution is 8.18. The summed E-state index contributed by atoms with van der Waals surface area (Å²) < 4.78 is 11.7. The minimum Gasteiger partial charge on any atom is -0.497 e. The predicted molar refractivity (Wildman–Crippen MR) is 146 cm³/mol. The molecule has 0 unspecified atom stereocenters. The van der Waals surface area contributed by atoms with E-state index in [1.165, 1.54) is 12.1 Å². The van der Waals surface area contributed by atoms with Crippen molar-refractivity contribution in [1.82, 2.24) is 0 Å². The zero-order valence-electron chi connectivity index (χ0n) is 21.7. The van der Waals surface area contributed by atoms with Crippen LogP contribution in [0.5, 0.6) is 5.75 Å². The lowest BCUT2D eigenvalue weighted by Crippen LogP contribution is -2.22. The minimum absolute atomic E-state index is 0.0371. The zero-order chi connectivity index (χ0) is 26.3. The molecule has 0 aromatic heterocycles. The van der Waals surface area contributed by atoms with Crippen LogP contribution in [0, 0.1) is 20.9 Å². The van der Waals surface area contributed by atoms with E-state index in [9.17, 15) is 10.1 Å². The first kappa shape index (κ1) is 25.6. The third kappa shape index (κ3) is 5.33. The van der Waals surface area contributed by atoms with Crippen LogP contribution in [-0.4, -0.2) is 17.1 Å². The second kappa shape index (κ2) is 9.50. The lowest BCUT2D eigenvalue weighted by Gasteiger charge is -2.33. The number of ether oxygens (including phenoxy) is 2. The van der Waals surface area contributed by atoms with Crippen molar-refractivity contribution in [3.63, 3.8) is 0 Å². The number of hydrazone groups is 1. The van der Waals surface area contributed by atoms with E-state index in [0.717, 1.165) is 44.2 Å². The van der Waals surface area contributed by atoms with Gasteiger partial charge in [0.25, 0.3) is 5.69 Å². The van der Waals surface area contributed by atoms with E-state index in [1.807, 2.05) is 29.3 Å². The minimum atomic E-state index is -0.400. The molecule has 36 heavy (non-hydrogen) atoms. The number of hydrogen-bond acceptors (Lipinski definition) is 7. The summed E-state index contributed by atoms with van der Waals surface area (Å²) in [6.45, 7) is 12.8. The lowest BCUT2D eigenvalue weighted by molar-refractivity contribution is -0.384. The average molecular weight is 506 g/mol. The van der Waals surface area contributed by atoms with Gasteiger partial charge in [-0.3, -0.25) is 10.1 Å². The number of allylic oxidation sites excluding steroid dienone is 5. The van der Waals surface area contributed by atoms with Gasteiger partial charge in [0, 0.05) is 34.1 Å². The number of anilines is 1. The molecule has 0 fully saturated rings. The molecule has 2 aliphatic rings. The van der Waals surface area contributed by atoms with Gasteiger partial charge in [0.05, 0.1) is 17.7 Å². The number of methoxy groups -OCH3 is 1. The number of benzene rings is 2. The van der Waals surface area contributed by atoms with E-state index in [0.29, 0.717) is 0 Å². The summed E-state index contributed by atoms with van der Waals surface area (Å²) in [5, 5.41) is 19.7. The van der Waals surface area contributed by atoms with Crippen molar-refractivity contribution < 1.29 is 14.4 Å². The van der Waals surface area contributed by atoms with Crippen LogP contribution in [0.1, 0.15) is 47.1 Å². The van der Waals surface area contributed by atoms with Gasteiger partial charge < -0.3 is 9.47 Å². The smallest absolute Gasteiger partial charge is 0.269 e. The molecular formula is C28H31N3O4S. The van der Waals surface area contributed by atoms with Crippen LogP contribution in [0.4, 0.5) is 11.4 Å². The van der Waals surface area contributed by atoms with Gasteiger partial charge in [-0.05, 0) is 60.3 Å². The predicted octanol–water partition coefficient (Wildman–Crippen LogP) is 7.62. The van der Waals surface area contributed by atoms with Crippen molar-refractivity contribution in [1.29, 1.82) is 0 Å².